The molecule has 6 nitrogen and oxygen atoms in total. The summed E-state index contributed by atoms with van der Waals surface area (Å²) in [6.45, 7) is 5.21. The van der Waals surface area contributed by atoms with E-state index in [4.69, 9.17) is 17.3 Å². The fraction of sp³-hybridized carbons (Fsp3) is 0.444. The van der Waals surface area contributed by atoms with Gasteiger partial charge in [0, 0.05) is 24.2 Å². The number of aromatic hydroxyl groups is 1. The third kappa shape index (κ3) is 3.56. The number of hydrogen-bond donors (Lipinski definition) is 3. The second-order valence-corrected chi connectivity index (χ2v) is 7.27. The number of nitrogens with zero attached hydrogens (tertiary/aromatic N) is 3. The topological polar surface area (TPSA) is 95.5 Å². The monoisotopic (exact) mass is 362 g/mol. The van der Waals surface area contributed by atoms with E-state index in [-0.39, 0.29) is 22.9 Å². The summed E-state index contributed by atoms with van der Waals surface area (Å²) in [6.07, 6.45) is 1.71. The molecule has 2 aromatic rings. The summed E-state index contributed by atoms with van der Waals surface area (Å²) in [4.78, 5) is 11.4. The van der Waals surface area contributed by atoms with Crippen molar-refractivity contribution >= 4 is 17.4 Å². The van der Waals surface area contributed by atoms with E-state index in [1.807, 2.05) is 6.92 Å². The molecular weight excluding hydrogens is 340 g/mol. The summed E-state index contributed by atoms with van der Waals surface area (Å²) in [5, 5.41) is 20.3. The van der Waals surface area contributed by atoms with Crippen LogP contribution in [-0.2, 0) is 6.61 Å². The van der Waals surface area contributed by atoms with Crippen molar-refractivity contribution < 1.29 is 10.2 Å². The number of piperidine rings is 1. The van der Waals surface area contributed by atoms with Crippen LogP contribution in [0, 0.1) is 6.92 Å². The third-order valence-electron chi connectivity index (χ3n) is 4.72. The highest BCUT2D eigenvalue weighted by molar-refractivity contribution is 6.32. The maximum Gasteiger partial charge on any atom is 0.153 e. The molecule has 4 N–H and O–H groups in total. The number of nitrogens with two attached hydrogens (primary N) is 1. The molecule has 0 unspecified atom stereocenters. The van der Waals surface area contributed by atoms with Crippen molar-refractivity contribution in [3.8, 4) is 17.0 Å². The lowest BCUT2D eigenvalue weighted by Gasteiger charge is -2.38. The number of phenols is 1. The second kappa shape index (κ2) is 6.78. The molecule has 134 valence electrons. The van der Waals surface area contributed by atoms with Gasteiger partial charge in [0.15, 0.2) is 5.82 Å². The van der Waals surface area contributed by atoms with Gasteiger partial charge in [0.1, 0.15) is 11.4 Å². The quantitative estimate of drug-likeness (QED) is 0.776. The lowest BCUT2D eigenvalue weighted by molar-refractivity contribution is 0.275. The Balaban J connectivity index is 2.01. The van der Waals surface area contributed by atoms with Crippen LogP contribution in [0.5, 0.6) is 5.75 Å². The summed E-state index contributed by atoms with van der Waals surface area (Å²) < 4.78 is 0. The summed E-state index contributed by atoms with van der Waals surface area (Å²) in [7, 11) is 0. The van der Waals surface area contributed by atoms with E-state index in [0.717, 1.165) is 25.9 Å². The molecule has 1 aromatic carbocycles. The van der Waals surface area contributed by atoms with E-state index in [9.17, 15) is 10.2 Å². The molecule has 1 saturated heterocycles. The first-order chi connectivity index (χ1) is 11.8. The molecule has 0 spiro atoms. The van der Waals surface area contributed by atoms with Crippen molar-refractivity contribution in [2.24, 2.45) is 5.73 Å². The smallest absolute Gasteiger partial charge is 0.153 e. The lowest BCUT2D eigenvalue weighted by Crippen LogP contribution is -2.48. The number of anilines is 1. The molecule has 25 heavy (non-hydrogen) atoms. The van der Waals surface area contributed by atoms with Gasteiger partial charge in [-0.1, -0.05) is 17.7 Å². The van der Waals surface area contributed by atoms with E-state index in [1.54, 1.807) is 18.2 Å². The van der Waals surface area contributed by atoms with E-state index < -0.39 is 0 Å². The zero-order valence-corrected chi connectivity index (χ0v) is 15.2. The van der Waals surface area contributed by atoms with Crippen LogP contribution in [0.2, 0.25) is 5.02 Å². The molecule has 0 atom stereocenters. The number of aromatic nitrogens is 2. The fourth-order valence-corrected chi connectivity index (χ4v) is 3.27. The molecule has 3 rings (SSSR count). The summed E-state index contributed by atoms with van der Waals surface area (Å²) >= 11 is 6.00. The number of aryl methyl sites for hydroxylation is 1. The molecule has 0 amide bonds. The Hall–Kier alpha value is -1.89. The largest absolute Gasteiger partial charge is 0.506 e. The van der Waals surface area contributed by atoms with Crippen LogP contribution in [0.25, 0.3) is 11.3 Å². The van der Waals surface area contributed by atoms with Crippen molar-refractivity contribution in [1.82, 2.24) is 9.97 Å². The van der Waals surface area contributed by atoms with Gasteiger partial charge in [-0.2, -0.15) is 0 Å². The van der Waals surface area contributed by atoms with Crippen LogP contribution in [0.3, 0.4) is 0 Å². The zero-order chi connectivity index (χ0) is 18.2. The van der Waals surface area contributed by atoms with Crippen molar-refractivity contribution in [1.29, 1.82) is 0 Å². The Morgan fingerprint density at radius 2 is 1.96 bits per heavy atom. The Morgan fingerprint density at radius 3 is 2.60 bits per heavy atom. The minimum absolute atomic E-state index is 0.0323. The second-order valence-electron chi connectivity index (χ2n) is 6.86. The van der Waals surface area contributed by atoms with Crippen molar-refractivity contribution in [2.75, 3.05) is 18.0 Å². The maximum absolute atomic E-state index is 10.2. The highest BCUT2D eigenvalue weighted by atomic mass is 35.5. The number of hydrogen-bond acceptors (Lipinski definition) is 6. The summed E-state index contributed by atoms with van der Waals surface area (Å²) in [6, 6.07) is 5.10. The number of rotatable bonds is 3. The van der Waals surface area contributed by atoms with Crippen molar-refractivity contribution in [3.05, 3.63) is 34.6 Å². The van der Waals surface area contributed by atoms with Crippen LogP contribution in [0.15, 0.2) is 18.2 Å². The predicted octanol–water partition coefficient (Wildman–Crippen LogP) is 2.62. The molecular formula is C18H23ClN4O2. The number of para-hydroxylation sites is 1. The lowest BCUT2D eigenvalue weighted by atomic mass is 9.91. The number of benzene rings is 1. The van der Waals surface area contributed by atoms with Crippen LogP contribution in [0.4, 0.5) is 5.82 Å². The third-order valence-corrected chi connectivity index (χ3v) is 5.02. The van der Waals surface area contributed by atoms with Crippen LogP contribution >= 0.6 is 11.6 Å². The minimum Gasteiger partial charge on any atom is -0.506 e. The Morgan fingerprint density at radius 1 is 1.28 bits per heavy atom. The maximum atomic E-state index is 10.2. The van der Waals surface area contributed by atoms with Gasteiger partial charge in [0.05, 0.1) is 23.0 Å². The van der Waals surface area contributed by atoms with Gasteiger partial charge in [-0.25, -0.2) is 9.97 Å². The van der Waals surface area contributed by atoms with Gasteiger partial charge in [0.2, 0.25) is 0 Å². The first-order valence-corrected chi connectivity index (χ1v) is 8.70. The Labute approximate surface area is 152 Å². The molecule has 1 aromatic heterocycles. The van der Waals surface area contributed by atoms with Crippen molar-refractivity contribution in [2.45, 2.75) is 38.8 Å². The molecule has 0 aliphatic carbocycles. The summed E-state index contributed by atoms with van der Waals surface area (Å²) in [5.41, 5.74) is 8.22. The molecule has 0 radical (unpaired) electrons. The van der Waals surface area contributed by atoms with Crippen LogP contribution < -0.4 is 10.6 Å². The van der Waals surface area contributed by atoms with Gasteiger partial charge in [-0.3, -0.25) is 0 Å². The number of aliphatic hydroxyl groups is 1. The highest BCUT2D eigenvalue weighted by Crippen LogP contribution is 2.36. The molecule has 0 bridgehead atoms. The molecule has 0 saturated carbocycles. The van der Waals surface area contributed by atoms with Crippen LogP contribution in [0.1, 0.15) is 31.2 Å². The summed E-state index contributed by atoms with van der Waals surface area (Å²) in [5.74, 6) is 0.649. The average molecular weight is 363 g/mol. The normalized spacial score (nSPS) is 16.9. The average Bonchev–Trinajstić information content (AvgIpc) is 2.57. The van der Waals surface area contributed by atoms with Gasteiger partial charge in [0.25, 0.3) is 0 Å². The molecule has 1 aliphatic heterocycles. The van der Waals surface area contributed by atoms with Crippen LogP contribution in [-0.4, -0.2) is 38.8 Å². The first-order valence-electron chi connectivity index (χ1n) is 8.32. The zero-order valence-electron chi connectivity index (χ0n) is 14.5. The Kier molecular flexibility index (Phi) is 4.86. The Bertz CT molecular complexity index is 785. The highest BCUT2D eigenvalue weighted by Gasteiger charge is 2.28. The van der Waals surface area contributed by atoms with Gasteiger partial charge >= 0.3 is 0 Å². The first kappa shape index (κ1) is 17.9. The van der Waals surface area contributed by atoms with Gasteiger partial charge < -0.3 is 20.8 Å². The predicted molar refractivity (Wildman–Crippen MR) is 98.8 cm³/mol. The fourth-order valence-electron chi connectivity index (χ4n) is 3.09. The van der Waals surface area contributed by atoms with E-state index in [0.29, 0.717) is 28.5 Å². The number of aliphatic hydroxyl groups excluding tert-OH is 1. The van der Waals surface area contributed by atoms with E-state index >= 15 is 0 Å². The van der Waals surface area contributed by atoms with E-state index in [1.165, 1.54) is 0 Å². The SMILES string of the molecule is Cc1nc(N2CCC(C)(N)CC2)c(CO)nc1-c1cccc(Cl)c1O. The minimum atomic E-state index is -0.229. The molecule has 1 fully saturated rings. The standard InChI is InChI=1S/C18H23ClN4O2/c1-11-15(12-4-3-5-13(19)16(12)25)22-14(10-24)17(21-11)23-8-6-18(2,20)7-9-23/h3-5,24-25H,6-10,20H2,1-2H3. The number of halogens is 1. The van der Waals surface area contributed by atoms with Gasteiger partial charge in [-0.05, 0) is 38.8 Å². The van der Waals surface area contributed by atoms with Crippen molar-refractivity contribution in [3.63, 3.8) is 0 Å². The van der Waals surface area contributed by atoms with Gasteiger partial charge in [-0.15, -0.1) is 0 Å². The molecule has 1 aliphatic rings. The molecule has 7 heteroatoms. The molecule has 2 heterocycles. The van der Waals surface area contributed by atoms with E-state index in [2.05, 4.69) is 21.8 Å². The number of phenolic OH excluding ortho intramolecular Hbond substituents is 1.